The molecule has 0 spiro atoms. The third kappa shape index (κ3) is 6.70. The molecule has 3 N–H and O–H groups in total. The van der Waals surface area contributed by atoms with Crippen LogP contribution in [0.25, 0.3) is 0 Å². The van der Waals surface area contributed by atoms with Crippen molar-refractivity contribution in [3.8, 4) is 11.8 Å². The van der Waals surface area contributed by atoms with Crippen molar-refractivity contribution in [3.05, 3.63) is 71.4 Å². The molecule has 4 rings (SSSR count). The van der Waals surface area contributed by atoms with Crippen molar-refractivity contribution < 1.29 is 9.90 Å². The van der Waals surface area contributed by atoms with Gasteiger partial charge in [-0.1, -0.05) is 31.5 Å². The first-order chi connectivity index (χ1) is 17.0. The highest BCUT2D eigenvalue weighted by atomic mass is 16.3. The summed E-state index contributed by atoms with van der Waals surface area (Å²) in [7, 11) is 0. The number of nitriles is 1. The van der Waals surface area contributed by atoms with Crippen LogP contribution >= 0.6 is 0 Å². The molecular formula is C27H30N6O2. The number of aromatic hydroxyl groups is 1. The van der Waals surface area contributed by atoms with Crippen LogP contribution in [0.5, 0.6) is 5.75 Å². The van der Waals surface area contributed by atoms with Gasteiger partial charge in [-0.3, -0.25) is 4.79 Å². The van der Waals surface area contributed by atoms with E-state index in [-0.39, 0.29) is 17.7 Å². The van der Waals surface area contributed by atoms with Gasteiger partial charge in [0.25, 0.3) is 0 Å². The van der Waals surface area contributed by atoms with Gasteiger partial charge in [-0.2, -0.15) is 10.2 Å². The number of carbonyl (C=O) groups is 1. The number of nitrogens with one attached hydrogen (secondary N) is 2. The summed E-state index contributed by atoms with van der Waals surface area (Å²) in [6.45, 7) is 3.61. The Kier molecular flexibility index (Phi) is 7.78. The van der Waals surface area contributed by atoms with Crippen molar-refractivity contribution in [2.45, 2.75) is 45.1 Å². The SMILES string of the molecule is CCCc1cc(N2CCC(NC(=O)CCc3ccc(O)cc3)C2)nc(Nc2cccc(C#N)c2)n1. The molecule has 0 aliphatic carbocycles. The van der Waals surface area contributed by atoms with Gasteiger partial charge >= 0.3 is 0 Å². The van der Waals surface area contributed by atoms with E-state index in [1.807, 2.05) is 30.3 Å². The minimum Gasteiger partial charge on any atom is -0.508 e. The maximum Gasteiger partial charge on any atom is 0.229 e. The van der Waals surface area contributed by atoms with Gasteiger partial charge in [0.05, 0.1) is 11.6 Å². The fourth-order valence-electron chi connectivity index (χ4n) is 4.19. The Morgan fingerprint density at radius 2 is 2.00 bits per heavy atom. The van der Waals surface area contributed by atoms with Gasteiger partial charge in [0, 0.05) is 43.0 Å². The van der Waals surface area contributed by atoms with Gasteiger partial charge in [-0.05, 0) is 55.2 Å². The zero-order valence-electron chi connectivity index (χ0n) is 19.9. The zero-order chi connectivity index (χ0) is 24.6. The van der Waals surface area contributed by atoms with Crippen LogP contribution in [-0.4, -0.2) is 40.1 Å². The van der Waals surface area contributed by atoms with Crippen molar-refractivity contribution in [2.75, 3.05) is 23.3 Å². The van der Waals surface area contributed by atoms with Gasteiger partial charge in [0.2, 0.25) is 11.9 Å². The highest BCUT2D eigenvalue weighted by molar-refractivity contribution is 5.76. The van der Waals surface area contributed by atoms with E-state index in [2.05, 4.69) is 33.5 Å². The van der Waals surface area contributed by atoms with E-state index in [0.29, 0.717) is 30.9 Å². The molecular weight excluding hydrogens is 440 g/mol. The van der Waals surface area contributed by atoms with Crippen LogP contribution in [0.15, 0.2) is 54.6 Å². The summed E-state index contributed by atoms with van der Waals surface area (Å²) < 4.78 is 0. The molecule has 0 saturated carbocycles. The van der Waals surface area contributed by atoms with Gasteiger partial charge in [0.15, 0.2) is 0 Å². The molecule has 1 unspecified atom stereocenters. The normalized spacial score (nSPS) is 15.0. The maximum absolute atomic E-state index is 12.5. The minimum atomic E-state index is 0.0269. The van der Waals surface area contributed by atoms with Crippen molar-refractivity contribution in [2.24, 2.45) is 0 Å². The molecule has 0 radical (unpaired) electrons. The topological polar surface area (TPSA) is 114 Å². The monoisotopic (exact) mass is 470 g/mol. The summed E-state index contributed by atoms with van der Waals surface area (Å²) in [5, 5.41) is 24.9. The number of hydrogen-bond donors (Lipinski definition) is 3. The van der Waals surface area contributed by atoms with Gasteiger partial charge in [-0.25, -0.2) is 4.98 Å². The van der Waals surface area contributed by atoms with Crippen molar-refractivity contribution in [1.82, 2.24) is 15.3 Å². The molecule has 1 atom stereocenters. The molecule has 1 fully saturated rings. The minimum absolute atomic E-state index is 0.0269. The van der Waals surface area contributed by atoms with Crippen LogP contribution in [0.3, 0.4) is 0 Å². The van der Waals surface area contributed by atoms with E-state index in [4.69, 9.17) is 10.2 Å². The Labute approximate surface area is 205 Å². The first kappa shape index (κ1) is 24.0. The number of rotatable bonds is 9. The fraction of sp³-hybridized carbons (Fsp3) is 0.333. The molecule has 2 aromatic carbocycles. The van der Waals surface area contributed by atoms with E-state index in [9.17, 15) is 9.90 Å². The third-order valence-electron chi connectivity index (χ3n) is 5.97. The fourth-order valence-corrected chi connectivity index (χ4v) is 4.19. The summed E-state index contributed by atoms with van der Waals surface area (Å²) in [6, 6.07) is 18.4. The zero-order valence-corrected chi connectivity index (χ0v) is 19.9. The van der Waals surface area contributed by atoms with Crippen LogP contribution in [0.4, 0.5) is 17.5 Å². The lowest BCUT2D eigenvalue weighted by atomic mass is 10.1. The molecule has 35 heavy (non-hydrogen) atoms. The molecule has 8 heteroatoms. The molecule has 1 saturated heterocycles. The molecule has 180 valence electrons. The number of amides is 1. The maximum atomic E-state index is 12.5. The van der Waals surface area contributed by atoms with Crippen LogP contribution in [0, 0.1) is 11.3 Å². The first-order valence-corrected chi connectivity index (χ1v) is 12.0. The second-order valence-electron chi connectivity index (χ2n) is 8.77. The summed E-state index contributed by atoms with van der Waals surface area (Å²) in [6.07, 6.45) is 3.71. The smallest absolute Gasteiger partial charge is 0.229 e. The van der Waals surface area contributed by atoms with Gasteiger partial charge < -0.3 is 20.6 Å². The largest absolute Gasteiger partial charge is 0.508 e. The molecule has 8 nitrogen and oxygen atoms in total. The molecule has 1 aliphatic rings. The third-order valence-corrected chi connectivity index (χ3v) is 5.97. The lowest BCUT2D eigenvalue weighted by molar-refractivity contribution is -0.121. The standard InChI is InChI=1S/C27H30N6O2/c1-2-4-21-16-25(32-27(30-21)31-22-6-3-5-20(15-22)17-28)33-14-13-23(18-33)29-26(35)12-9-19-7-10-24(34)11-8-19/h3,5-8,10-11,15-16,23,34H,2,4,9,12-14,18H2,1H3,(H,29,35)(H,30,31,32). The summed E-state index contributed by atoms with van der Waals surface area (Å²) >= 11 is 0. The Balaban J connectivity index is 1.38. The van der Waals surface area contributed by atoms with E-state index >= 15 is 0 Å². The number of anilines is 3. The summed E-state index contributed by atoms with van der Waals surface area (Å²) in [5.41, 5.74) is 3.32. The molecule has 0 bridgehead atoms. The summed E-state index contributed by atoms with van der Waals surface area (Å²) in [5.74, 6) is 1.59. The molecule has 1 aliphatic heterocycles. The number of aromatic nitrogens is 2. The van der Waals surface area contributed by atoms with E-state index in [1.54, 1.807) is 24.3 Å². The predicted molar refractivity (Wildman–Crippen MR) is 136 cm³/mol. The Morgan fingerprint density at radius 1 is 1.17 bits per heavy atom. The average molecular weight is 471 g/mol. The Hall–Kier alpha value is -4.12. The number of phenolic OH excluding ortho intramolecular Hbond substituents is 1. The number of benzene rings is 2. The average Bonchev–Trinajstić information content (AvgIpc) is 3.32. The van der Waals surface area contributed by atoms with Crippen LogP contribution in [-0.2, 0) is 17.6 Å². The van der Waals surface area contributed by atoms with E-state index < -0.39 is 0 Å². The molecule has 3 aromatic rings. The van der Waals surface area contributed by atoms with Crippen LogP contribution in [0.2, 0.25) is 0 Å². The lowest BCUT2D eigenvalue weighted by Crippen LogP contribution is -2.37. The number of hydrogen-bond acceptors (Lipinski definition) is 7. The molecule has 1 amide bonds. The number of nitrogens with zero attached hydrogens (tertiary/aromatic N) is 4. The molecule has 1 aromatic heterocycles. The van der Waals surface area contributed by atoms with Crippen molar-refractivity contribution >= 4 is 23.4 Å². The highest BCUT2D eigenvalue weighted by Gasteiger charge is 2.25. The van der Waals surface area contributed by atoms with Crippen LogP contribution in [0.1, 0.15) is 43.0 Å². The predicted octanol–water partition coefficient (Wildman–Crippen LogP) is 4.08. The second-order valence-corrected chi connectivity index (χ2v) is 8.77. The van der Waals surface area contributed by atoms with Gasteiger partial charge in [-0.15, -0.1) is 0 Å². The summed E-state index contributed by atoms with van der Waals surface area (Å²) in [4.78, 5) is 24.1. The second kappa shape index (κ2) is 11.3. The van der Waals surface area contributed by atoms with E-state index in [1.165, 1.54) is 0 Å². The number of carbonyl (C=O) groups excluding carboxylic acids is 1. The molecule has 2 heterocycles. The highest BCUT2D eigenvalue weighted by Crippen LogP contribution is 2.23. The first-order valence-electron chi connectivity index (χ1n) is 12.0. The number of phenols is 1. The number of aryl methyl sites for hydroxylation is 2. The van der Waals surface area contributed by atoms with Crippen molar-refractivity contribution in [1.29, 1.82) is 5.26 Å². The van der Waals surface area contributed by atoms with Crippen LogP contribution < -0.4 is 15.5 Å². The van der Waals surface area contributed by atoms with Crippen molar-refractivity contribution in [3.63, 3.8) is 0 Å². The Morgan fingerprint density at radius 3 is 2.77 bits per heavy atom. The Bertz CT molecular complexity index is 1210. The van der Waals surface area contributed by atoms with Gasteiger partial charge in [0.1, 0.15) is 11.6 Å². The quantitative estimate of drug-likeness (QED) is 0.432. The lowest BCUT2D eigenvalue weighted by Gasteiger charge is -2.20. The van der Waals surface area contributed by atoms with E-state index in [0.717, 1.165) is 48.6 Å².